The van der Waals surface area contributed by atoms with E-state index in [0.29, 0.717) is 6.42 Å². The van der Waals surface area contributed by atoms with Crippen LogP contribution in [0.15, 0.2) is 18.2 Å². The van der Waals surface area contributed by atoms with Crippen molar-refractivity contribution in [3.05, 3.63) is 23.8 Å². The molecule has 0 aliphatic heterocycles. The van der Waals surface area contributed by atoms with Crippen molar-refractivity contribution in [1.29, 1.82) is 0 Å². The van der Waals surface area contributed by atoms with Gasteiger partial charge >= 0.3 is 0 Å². The third-order valence-corrected chi connectivity index (χ3v) is 3.68. The summed E-state index contributed by atoms with van der Waals surface area (Å²) >= 11 is 0. The second-order valence-electron chi connectivity index (χ2n) is 5.73. The van der Waals surface area contributed by atoms with E-state index in [0.717, 1.165) is 29.8 Å². The zero-order valence-corrected chi connectivity index (χ0v) is 14.0. The predicted molar refractivity (Wildman–Crippen MR) is 92.1 cm³/mol. The van der Waals surface area contributed by atoms with E-state index in [1.165, 1.54) is 32.6 Å². The highest BCUT2D eigenvalue weighted by molar-refractivity contribution is 5.95. The third kappa shape index (κ3) is 6.74. The lowest BCUT2D eigenvalue weighted by Gasteiger charge is -2.12. The number of rotatable bonds is 9. The number of hydrogen-bond acceptors (Lipinski definition) is 2. The summed E-state index contributed by atoms with van der Waals surface area (Å²) in [5, 5.41) is 5.70. The molecule has 0 aliphatic carbocycles. The average molecular weight is 304 g/mol. The third-order valence-electron chi connectivity index (χ3n) is 3.68. The molecule has 0 fully saturated rings. The van der Waals surface area contributed by atoms with Gasteiger partial charge in [0, 0.05) is 24.7 Å². The molecular weight excluding hydrogens is 276 g/mol. The van der Waals surface area contributed by atoms with E-state index in [1.54, 1.807) is 0 Å². The van der Waals surface area contributed by atoms with E-state index in [-0.39, 0.29) is 11.8 Å². The van der Waals surface area contributed by atoms with Crippen molar-refractivity contribution in [3.63, 3.8) is 0 Å². The fraction of sp³-hybridized carbons (Fsp3) is 0.556. The monoisotopic (exact) mass is 304 g/mol. The number of benzene rings is 1. The average Bonchev–Trinajstić information content (AvgIpc) is 2.46. The van der Waals surface area contributed by atoms with Crippen LogP contribution in [0.3, 0.4) is 0 Å². The summed E-state index contributed by atoms with van der Waals surface area (Å²) < 4.78 is 0. The summed E-state index contributed by atoms with van der Waals surface area (Å²) in [6.45, 7) is 5.57. The number of hydrogen-bond donors (Lipinski definition) is 2. The van der Waals surface area contributed by atoms with Gasteiger partial charge in [-0.25, -0.2) is 0 Å². The standard InChI is InChI=1S/C18H28N2O2/c1-4-5-6-7-8-9-13-18(22)20-17-12-10-11-16(14(17)2)19-15(3)21/h10-12H,4-9,13H2,1-3H3,(H,19,21)(H,20,22). The van der Waals surface area contributed by atoms with Crippen LogP contribution >= 0.6 is 0 Å². The molecule has 1 rings (SSSR count). The Morgan fingerprint density at radius 1 is 0.955 bits per heavy atom. The highest BCUT2D eigenvalue weighted by atomic mass is 16.2. The molecule has 0 unspecified atom stereocenters. The maximum atomic E-state index is 12.0. The van der Waals surface area contributed by atoms with Gasteiger partial charge in [0.25, 0.3) is 0 Å². The van der Waals surface area contributed by atoms with Crippen molar-refractivity contribution < 1.29 is 9.59 Å². The van der Waals surface area contributed by atoms with Gasteiger partial charge in [0.1, 0.15) is 0 Å². The topological polar surface area (TPSA) is 58.2 Å². The lowest BCUT2D eigenvalue weighted by molar-refractivity contribution is -0.116. The van der Waals surface area contributed by atoms with E-state index in [1.807, 2.05) is 25.1 Å². The van der Waals surface area contributed by atoms with E-state index in [9.17, 15) is 9.59 Å². The maximum absolute atomic E-state index is 12.0. The maximum Gasteiger partial charge on any atom is 0.224 e. The first-order chi connectivity index (χ1) is 10.5. The summed E-state index contributed by atoms with van der Waals surface area (Å²) in [5.74, 6) is -0.0720. The molecule has 0 aromatic heterocycles. The van der Waals surface area contributed by atoms with Gasteiger partial charge in [0.2, 0.25) is 11.8 Å². The minimum absolute atomic E-state index is 0.0403. The van der Waals surface area contributed by atoms with Gasteiger partial charge in [-0.3, -0.25) is 9.59 Å². The molecule has 4 heteroatoms. The molecule has 0 atom stereocenters. The molecule has 0 bridgehead atoms. The van der Waals surface area contributed by atoms with Crippen LogP contribution in [0.5, 0.6) is 0 Å². The summed E-state index contributed by atoms with van der Waals surface area (Å²) in [5.41, 5.74) is 2.39. The van der Waals surface area contributed by atoms with Crippen LogP contribution in [0.4, 0.5) is 11.4 Å². The quantitative estimate of drug-likeness (QED) is 0.653. The van der Waals surface area contributed by atoms with Crippen LogP contribution in [0.25, 0.3) is 0 Å². The zero-order valence-electron chi connectivity index (χ0n) is 14.0. The number of carbonyl (C=O) groups excluding carboxylic acids is 2. The Kier molecular flexibility index (Phi) is 8.26. The van der Waals surface area contributed by atoms with Crippen molar-refractivity contribution in [2.24, 2.45) is 0 Å². The Bertz CT molecular complexity index is 498. The van der Waals surface area contributed by atoms with Gasteiger partial charge in [-0.05, 0) is 31.0 Å². The molecule has 0 spiro atoms. The number of unbranched alkanes of at least 4 members (excludes halogenated alkanes) is 5. The molecule has 0 aliphatic rings. The summed E-state index contributed by atoms with van der Waals surface area (Å²) in [6, 6.07) is 5.53. The van der Waals surface area contributed by atoms with Gasteiger partial charge < -0.3 is 10.6 Å². The Labute approximate surface area is 133 Å². The molecule has 0 saturated heterocycles. The number of amides is 2. The van der Waals surface area contributed by atoms with Crippen LogP contribution in [-0.4, -0.2) is 11.8 Å². The van der Waals surface area contributed by atoms with Crippen LogP contribution in [-0.2, 0) is 9.59 Å². The summed E-state index contributed by atoms with van der Waals surface area (Å²) in [4.78, 5) is 23.1. The number of nitrogens with one attached hydrogen (secondary N) is 2. The van der Waals surface area contributed by atoms with Crippen molar-refractivity contribution in [3.8, 4) is 0 Å². The predicted octanol–water partition coefficient (Wildman–Crippen LogP) is 4.64. The summed E-state index contributed by atoms with van der Waals surface area (Å²) in [6.07, 6.45) is 7.58. The minimum atomic E-state index is -0.112. The van der Waals surface area contributed by atoms with Crippen LogP contribution < -0.4 is 10.6 Å². The molecule has 2 amide bonds. The normalized spacial score (nSPS) is 10.3. The largest absolute Gasteiger partial charge is 0.326 e. The molecule has 4 nitrogen and oxygen atoms in total. The Hall–Kier alpha value is -1.84. The Morgan fingerprint density at radius 2 is 1.55 bits per heavy atom. The van der Waals surface area contributed by atoms with E-state index >= 15 is 0 Å². The lowest BCUT2D eigenvalue weighted by Crippen LogP contribution is -2.13. The van der Waals surface area contributed by atoms with Crippen molar-refractivity contribution in [2.45, 2.75) is 65.7 Å². The summed E-state index contributed by atoms with van der Waals surface area (Å²) in [7, 11) is 0. The van der Waals surface area contributed by atoms with Crippen LogP contribution in [0, 0.1) is 6.92 Å². The van der Waals surface area contributed by atoms with E-state index < -0.39 is 0 Å². The van der Waals surface area contributed by atoms with Crippen LogP contribution in [0.1, 0.15) is 64.4 Å². The molecule has 22 heavy (non-hydrogen) atoms. The first-order valence-corrected chi connectivity index (χ1v) is 8.21. The Morgan fingerprint density at radius 3 is 2.18 bits per heavy atom. The zero-order chi connectivity index (χ0) is 16.4. The van der Waals surface area contributed by atoms with Crippen molar-refractivity contribution in [1.82, 2.24) is 0 Å². The highest BCUT2D eigenvalue weighted by Crippen LogP contribution is 2.23. The van der Waals surface area contributed by atoms with Gasteiger partial charge in [-0.1, -0.05) is 45.1 Å². The SMILES string of the molecule is CCCCCCCCC(=O)Nc1cccc(NC(C)=O)c1C. The van der Waals surface area contributed by atoms with Crippen molar-refractivity contribution in [2.75, 3.05) is 10.6 Å². The molecule has 0 heterocycles. The molecular formula is C18H28N2O2. The fourth-order valence-corrected chi connectivity index (χ4v) is 2.37. The van der Waals surface area contributed by atoms with Crippen molar-refractivity contribution >= 4 is 23.2 Å². The van der Waals surface area contributed by atoms with Gasteiger partial charge in [-0.15, -0.1) is 0 Å². The molecule has 0 saturated carbocycles. The smallest absolute Gasteiger partial charge is 0.224 e. The van der Waals surface area contributed by atoms with Gasteiger partial charge in [0.15, 0.2) is 0 Å². The molecule has 1 aromatic carbocycles. The number of carbonyl (C=O) groups is 2. The first-order valence-electron chi connectivity index (χ1n) is 8.21. The fourth-order valence-electron chi connectivity index (χ4n) is 2.37. The van der Waals surface area contributed by atoms with Gasteiger partial charge in [-0.2, -0.15) is 0 Å². The second-order valence-corrected chi connectivity index (χ2v) is 5.73. The highest BCUT2D eigenvalue weighted by Gasteiger charge is 2.08. The Balaban J connectivity index is 2.42. The molecule has 122 valence electrons. The van der Waals surface area contributed by atoms with Gasteiger partial charge in [0.05, 0.1) is 0 Å². The number of anilines is 2. The van der Waals surface area contributed by atoms with Crippen LogP contribution in [0.2, 0.25) is 0 Å². The first kappa shape index (κ1) is 18.2. The lowest BCUT2D eigenvalue weighted by atomic mass is 10.1. The second kappa shape index (κ2) is 9.98. The van der Waals surface area contributed by atoms with E-state index in [2.05, 4.69) is 17.6 Å². The molecule has 2 N–H and O–H groups in total. The minimum Gasteiger partial charge on any atom is -0.326 e. The van der Waals surface area contributed by atoms with E-state index in [4.69, 9.17) is 0 Å². The molecule has 1 aromatic rings. The molecule has 0 radical (unpaired) electrons.